The van der Waals surface area contributed by atoms with Gasteiger partial charge in [0.1, 0.15) is 36.0 Å². The molecule has 3 rings (SSSR count). The van der Waals surface area contributed by atoms with Crippen LogP contribution in [-0.2, 0) is 13.1 Å². The predicted molar refractivity (Wildman–Crippen MR) is 94.8 cm³/mol. The molecule has 0 aliphatic carbocycles. The number of anilines is 1. The number of aromatic nitrogens is 2. The van der Waals surface area contributed by atoms with Crippen molar-refractivity contribution >= 4 is 17.0 Å². The Kier molecular flexibility index (Phi) is 5.01. The first-order valence-corrected chi connectivity index (χ1v) is 8.33. The fourth-order valence-electron chi connectivity index (χ4n) is 2.94. The molecule has 126 valence electrons. The topological polar surface area (TPSA) is 64.3 Å². The van der Waals surface area contributed by atoms with Crippen molar-refractivity contribution in [1.82, 2.24) is 4.57 Å². The van der Waals surface area contributed by atoms with Crippen molar-refractivity contribution in [1.29, 1.82) is 0 Å². The van der Waals surface area contributed by atoms with Crippen LogP contribution in [0.3, 0.4) is 0 Å². The zero-order valence-corrected chi connectivity index (χ0v) is 13.9. The number of aliphatic hydroxyl groups is 1. The summed E-state index contributed by atoms with van der Waals surface area (Å²) in [4.78, 5) is 0. The molecule has 0 aliphatic heterocycles. The number of nitrogens with zero attached hydrogens (tertiary/aromatic N) is 2. The van der Waals surface area contributed by atoms with E-state index in [-0.39, 0.29) is 6.61 Å². The summed E-state index contributed by atoms with van der Waals surface area (Å²) in [6.07, 6.45) is 0.362. The van der Waals surface area contributed by atoms with Crippen LogP contribution in [-0.4, -0.2) is 22.4 Å². The van der Waals surface area contributed by atoms with Crippen molar-refractivity contribution in [2.45, 2.75) is 32.5 Å². The lowest BCUT2D eigenvalue weighted by molar-refractivity contribution is -0.665. The summed E-state index contributed by atoms with van der Waals surface area (Å²) < 4.78 is 9.69. The molecule has 0 unspecified atom stereocenters. The van der Waals surface area contributed by atoms with Crippen LogP contribution in [0.1, 0.15) is 13.3 Å². The molecule has 5 heteroatoms. The molecule has 0 spiro atoms. The molecule has 3 N–H and O–H groups in total. The van der Waals surface area contributed by atoms with E-state index in [1.54, 1.807) is 0 Å². The van der Waals surface area contributed by atoms with Gasteiger partial charge in [-0.25, -0.2) is 9.13 Å². The van der Waals surface area contributed by atoms with Crippen molar-refractivity contribution < 1.29 is 14.4 Å². The van der Waals surface area contributed by atoms with Gasteiger partial charge in [-0.2, -0.15) is 0 Å². The first-order valence-electron chi connectivity index (χ1n) is 8.33. The highest BCUT2D eigenvalue weighted by atomic mass is 16.5. The number of imidazole rings is 1. The van der Waals surface area contributed by atoms with Crippen molar-refractivity contribution in [2.75, 3.05) is 12.3 Å². The number of fused-ring (bicyclic) bond motifs is 1. The van der Waals surface area contributed by atoms with Crippen molar-refractivity contribution in [3.05, 3.63) is 54.6 Å². The molecule has 2 aromatic carbocycles. The molecule has 3 aromatic rings. The average Bonchev–Trinajstić information content (AvgIpc) is 2.87. The average molecular weight is 326 g/mol. The van der Waals surface area contributed by atoms with Crippen LogP contribution in [0.15, 0.2) is 54.6 Å². The monoisotopic (exact) mass is 326 g/mol. The molecule has 1 aromatic heterocycles. The van der Waals surface area contributed by atoms with E-state index in [0.717, 1.165) is 29.7 Å². The van der Waals surface area contributed by atoms with Gasteiger partial charge in [0.25, 0.3) is 0 Å². The van der Waals surface area contributed by atoms with Gasteiger partial charge in [-0.3, -0.25) is 5.73 Å². The molecular weight excluding hydrogens is 302 g/mol. The summed E-state index contributed by atoms with van der Waals surface area (Å²) in [6, 6.07) is 17.6. The zero-order chi connectivity index (χ0) is 16.9. The van der Waals surface area contributed by atoms with Crippen molar-refractivity contribution in [2.24, 2.45) is 0 Å². The van der Waals surface area contributed by atoms with Gasteiger partial charge >= 0.3 is 5.95 Å². The lowest BCUT2D eigenvalue weighted by atomic mass is 10.3. The third-order valence-corrected chi connectivity index (χ3v) is 4.04. The summed E-state index contributed by atoms with van der Waals surface area (Å²) in [5.74, 6) is 1.42. The Hall–Kier alpha value is -2.53. The molecule has 24 heavy (non-hydrogen) atoms. The Balaban J connectivity index is 1.78. The van der Waals surface area contributed by atoms with Crippen LogP contribution >= 0.6 is 0 Å². The van der Waals surface area contributed by atoms with Crippen LogP contribution in [0.2, 0.25) is 0 Å². The number of ether oxygens (including phenoxy) is 1. The number of rotatable bonds is 7. The highest BCUT2D eigenvalue weighted by molar-refractivity contribution is 5.73. The highest BCUT2D eigenvalue weighted by Crippen LogP contribution is 2.17. The van der Waals surface area contributed by atoms with Crippen LogP contribution in [0.4, 0.5) is 5.95 Å². The second kappa shape index (κ2) is 7.36. The largest absolute Gasteiger partial charge is 0.491 e. The fourth-order valence-corrected chi connectivity index (χ4v) is 2.94. The Morgan fingerprint density at radius 3 is 2.58 bits per heavy atom. The quantitative estimate of drug-likeness (QED) is 0.655. The number of hydrogen-bond acceptors (Lipinski definition) is 3. The van der Waals surface area contributed by atoms with Crippen molar-refractivity contribution in [3.63, 3.8) is 0 Å². The lowest BCUT2D eigenvalue weighted by Gasteiger charge is -2.12. The minimum absolute atomic E-state index is 0.226. The molecule has 0 saturated carbocycles. The van der Waals surface area contributed by atoms with E-state index < -0.39 is 6.10 Å². The molecule has 0 fully saturated rings. The number of hydrogen-bond donors (Lipinski definition) is 2. The summed E-state index contributed by atoms with van der Waals surface area (Å²) in [5.41, 5.74) is 8.45. The molecule has 1 heterocycles. The van der Waals surface area contributed by atoms with E-state index in [0.29, 0.717) is 12.5 Å². The SMILES string of the molecule is CCCn1c(N)[n+](C[C@H](O)COc2ccccc2)c2ccccc21. The first kappa shape index (κ1) is 16.3. The van der Waals surface area contributed by atoms with Gasteiger partial charge in [-0.1, -0.05) is 37.3 Å². The molecule has 0 saturated heterocycles. The summed E-state index contributed by atoms with van der Waals surface area (Å²) >= 11 is 0. The fraction of sp³-hybridized carbons (Fsp3) is 0.316. The maximum atomic E-state index is 10.4. The Morgan fingerprint density at radius 1 is 1.12 bits per heavy atom. The smallest absolute Gasteiger partial charge is 0.356 e. The molecule has 1 atom stereocenters. The van der Waals surface area contributed by atoms with Gasteiger partial charge in [-0.15, -0.1) is 0 Å². The minimum Gasteiger partial charge on any atom is -0.491 e. The highest BCUT2D eigenvalue weighted by Gasteiger charge is 2.22. The first-order chi connectivity index (χ1) is 11.7. The molecule has 0 amide bonds. The lowest BCUT2D eigenvalue weighted by Crippen LogP contribution is -2.43. The van der Waals surface area contributed by atoms with E-state index in [1.807, 2.05) is 53.1 Å². The van der Waals surface area contributed by atoms with E-state index in [1.165, 1.54) is 0 Å². The predicted octanol–water partition coefficient (Wildman–Crippen LogP) is 2.36. The maximum Gasteiger partial charge on any atom is 0.356 e. The second-order valence-electron chi connectivity index (χ2n) is 5.89. The summed E-state index contributed by atoms with van der Waals surface area (Å²) in [5, 5.41) is 10.4. The van der Waals surface area contributed by atoms with Gasteiger partial charge in [0, 0.05) is 0 Å². The Morgan fingerprint density at radius 2 is 1.83 bits per heavy atom. The van der Waals surface area contributed by atoms with Gasteiger partial charge in [0.2, 0.25) is 0 Å². The number of aliphatic hydroxyl groups excluding tert-OH is 1. The number of benzene rings is 2. The van der Waals surface area contributed by atoms with E-state index in [9.17, 15) is 5.11 Å². The third-order valence-electron chi connectivity index (χ3n) is 4.04. The number of aryl methyl sites for hydroxylation is 1. The minimum atomic E-state index is -0.640. The standard InChI is InChI=1S/C19H23N3O2/c1-2-12-21-17-10-6-7-11-18(17)22(19(21)20)13-15(23)14-24-16-8-4-3-5-9-16/h3-11,15,20,23H,2,12-14H2,1H3/p+1/t15-/m0/s1. The molecule has 0 radical (unpaired) electrons. The molecule has 0 aliphatic rings. The van der Waals surface area contributed by atoms with Gasteiger partial charge < -0.3 is 9.84 Å². The molecule has 5 nitrogen and oxygen atoms in total. The number of nitrogens with two attached hydrogens (primary N) is 1. The van der Waals surface area contributed by atoms with E-state index in [4.69, 9.17) is 10.5 Å². The summed E-state index contributed by atoms with van der Waals surface area (Å²) in [6.45, 7) is 3.61. The molecule has 0 bridgehead atoms. The summed E-state index contributed by atoms with van der Waals surface area (Å²) in [7, 11) is 0. The van der Waals surface area contributed by atoms with Crippen LogP contribution in [0, 0.1) is 0 Å². The van der Waals surface area contributed by atoms with Crippen LogP contribution < -0.4 is 15.0 Å². The van der Waals surface area contributed by atoms with E-state index >= 15 is 0 Å². The van der Waals surface area contributed by atoms with Gasteiger partial charge in [0.15, 0.2) is 0 Å². The van der Waals surface area contributed by atoms with Gasteiger partial charge in [-0.05, 0) is 30.7 Å². The third kappa shape index (κ3) is 3.36. The van der Waals surface area contributed by atoms with Crippen LogP contribution in [0.5, 0.6) is 5.75 Å². The van der Waals surface area contributed by atoms with Gasteiger partial charge in [0.05, 0.1) is 6.54 Å². The number of para-hydroxylation sites is 3. The number of nitrogen functional groups attached to an aromatic ring is 1. The molecular formula is C19H24N3O2+. The Bertz CT molecular complexity index is 799. The van der Waals surface area contributed by atoms with Crippen LogP contribution in [0.25, 0.3) is 11.0 Å². The Labute approximate surface area is 141 Å². The normalized spacial score (nSPS) is 12.4. The second-order valence-corrected chi connectivity index (χ2v) is 5.89. The van der Waals surface area contributed by atoms with E-state index in [2.05, 4.69) is 17.6 Å². The zero-order valence-electron chi connectivity index (χ0n) is 13.9. The van der Waals surface area contributed by atoms with Crippen molar-refractivity contribution in [3.8, 4) is 5.75 Å². The maximum absolute atomic E-state index is 10.4.